The first-order valence-corrected chi connectivity index (χ1v) is 7.79. The van der Waals surface area contributed by atoms with Crippen LogP contribution < -0.4 is 0 Å². The average Bonchev–Trinajstić information content (AvgIpc) is 2.78. The molecule has 0 aromatic heterocycles. The van der Waals surface area contributed by atoms with E-state index in [1.54, 1.807) is 0 Å². The fourth-order valence-electron chi connectivity index (χ4n) is 2.62. The summed E-state index contributed by atoms with van der Waals surface area (Å²) in [5, 5.41) is 10.8. The van der Waals surface area contributed by atoms with E-state index in [4.69, 9.17) is 0 Å². The highest BCUT2D eigenvalue weighted by Gasteiger charge is 2.37. The Hall–Kier alpha value is -0.640. The molecule has 0 amide bonds. The molecule has 1 unspecified atom stereocenters. The molecule has 0 saturated carbocycles. The van der Waals surface area contributed by atoms with Crippen LogP contribution in [0.15, 0.2) is 40.9 Å². The van der Waals surface area contributed by atoms with Gasteiger partial charge >= 0.3 is 0 Å². The van der Waals surface area contributed by atoms with Gasteiger partial charge in [0, 0.05) is 24.1 Å². The lowest BCUT2D eigenvalue weighted by molar-refractivity contribution is 0.0463. The molecule has 3 heteroatoms. The predicted molar refractivity (Wildman–Crippen MR) is 83.1 cm³/mol. The van der Waals surface area contributed by atoms with Gasteiger partial charge in [0.15, 0.2) is 0 Å². The summed E-state index contributed by atoms with van der Waals surface area (Å²) in [7, 11) is 0. The maximum Gasteiger partial charge on any atom is 0.103 e. The maximum atomic E-state index is 10.8. The van der Waals surface area contributed by atoms with Gasteiger partial charge in [0.25, 0.3) is 0 Å². The Kier molecular flexibility index (Phi) is 5.20. The molecular weight excluding hydrogens is 302 g/mol. The Morgan fingerprint density at radius 2 is 2.26 bits per heavy atom. The molecule has 1 aromatic rings. The van der Waals surface area contributed by atoms with Crippen molar-refractivity contribution >= 4 is 15.9 Å². The van der Waals surface area contributed by atoms with Crippen molar-refractivity contribution in [1.82, 2.24) is 4.90 Å². The molecule has 1 fully saturated rings. The molecular formula is C16H22BrNO. The van der Waals surface area contributed by atoms with Gasteiger partial charge in [-0.15, -0.1) is 0 Å². The van der Waals surface area contributed by atoms with Crippen molar-refractivity contribution in [3.8, 4) is 0 Å². The molecule has 19 heavy (non-hydrogen) atoms. The highest BCUT2D eigenvalue weighted by molar-refractivity contribution is 9.10. The Morgan fingerprint density at radius 3 is 3.00 bits per heavy atom. The summed E-state index contributed by atoms with van der Waals surface area (Å²) < 4.78 is 1.03. The first-order valence-electron chi connectivity index (χ1n) is 7.00. The van der Waals surface area contributed by atoms with Gasteiger partial charge in [-0.05, 0) is 37.0 Å². The van der Waals surface area contributed by atoms with E-state index in [9.17, 15) is 5.11 Å². The maximum absolute atomic E-state index is 10.8. The van der Waals surface area contributed by atoms with Gasteiger partial charge in [-0.25, -0.2) is 0 Å². The average molecular weight is 324 g/mol. The molecule has 0 aliphatic carbocycles. The molecule has 0 bridgehead atoms. The van der Waals surface area contributed by atoms with Crippen molar-refractivity contribution in [3.63, 3.8) is 0 Å². The van der Waals surface area contributed by atoms with Gasteiger partial charge in [0.2, 0.25) is 0 Å². The lowest BCUT2D eigenvalue weighted by Crippen LogP contribution is -2.31. The van der Waals surface area contributed by atoms with Crippen molar-refractivity contribution in [3.05, 3.63) is 46.5 Å². The minimum absolute atomic E-state index is 0.682. The summed E-state index contributed by atoms with van der Waals surface area (Å²) in [4.78, 5) is 2.35. The molecule has 2 nitrogen and oxygen atoms in total. The standard InChI is InChI=1S/C16H22BrNO/c1-2-3-4-5-10-18-11-9-16(19,13-18)14-7-6-8-15(17)12-14/h3-4,6-8,12,19H,2,5,9-11,13H2,1H3/b4-3+. The highest BCUT2D eigenvalue weighted by atomic mass is 79.9. The first-order chi connectivity index (χ1) is 9.14. The van der Waals surface area contributed by atoms with Gasteiger partial charge < -0.3 is 5.11 Å². The molecule has 1 heterocycles. The van der Waals surface area contributed by atoms with Crippen molar-refractivity contribution < 1.29 is 5.11 Å². The zero-order valence-corrected chi connectivity index (χ0v) is 13.1. The number of nitrogens with zero attached hydrogens (tertiary/aromatic N) is 1. The van der Waals surface area contributed by atoms with Gasteiger partial charge in [0.1, 0.15) is 5.60 Å². The van der Waals surface area contributed by atoms with Crippen LogP contribution >= 0.6 is 15.9 Å². The number of rotatable bonds is 5. The lowest BCUT2D eigenvalue weighted by atomic mass is 9.93. The molecule has 104 valence electrons. The van der Waals surface area contributed by atoms with Crippen LogP contribution in [0.3, 0.4) is 0 Å². The van der Waals surface area contributed by atoms with Crippen LogP contribution in [0.25, 0.3) is 0 Å². The number of aliphatic hydroxyl groups is 1. The van der Waals surface area contributed by atoms with Crippen LogP contribution in [-0.4, -0.2) is 29.6 Å². The van der Waals surface area contributed by atoms with Crippen LogP contribution in [0.2, 0.25) is 0 Å². The smallest absolute Gasteiger partial charge is 0.103 e. The second kappa shape index (κ2) is 6.69. The summed E-state index contributed by atoms with van der Waals surface area (Å²) >= 11 is 3.47. The van der Waals surface area contributed by atoms with Gasteiger partial charge in [-0.1, -0.05) is 47.1 Å². The van der Waals surface area contributed by atoms with Crippen LogP contribution in [-0.2, 0) is 5.60 Å². The Labute approximate surface area is 124 Å². The first kappa shape index (κ1) is 14.8. The second-order valence-corrected chi connectivity index (χ2v) is 6.15. The molecule has 2 rings (SSSR count). The van der Waals surface area contributed by atoms with E-state index in [0.29, 0.717) is 0 Å². The van der Waals surface area contributed by atoms with Crippen LogP contribution in [0.1, 0.15) is 31.7 Å². The molecule has 1 saturated heterocycles. The molecule has 1 aliphatic rings. The topological polar surface area (TPSA) is 23.5 Å². The van der Waals surface area contributed by atoms with Crippen molar-refractivity contribution in [2.24, 2.45) is 0 Å². The van der Waals surface area contributed by atoms with Crippen LogP contribution in [0.5, 0.6) is 0 Å². The molecule has 1 N–H and O–H groups in total. The van der Waals surface area contributed by atoms with Crippen molar-refractivity contribution in [1.29, 1.82) is 0 Å². The monoisotopic (exact) mass is 323 g/mol. The Morgan fingerprint density at radius 1 is 1.42 bits per heavy atom. The summed E-state index contributed by atoms with van der Waals surface area (Å²) in [6.45, 7) is 4.90. The Bertz CT molecular complexity index is 446. The number of likely N-dealkylation sites (tertiary alicyclic amines) is 1. The number of benzene rings is 1. The molecule has 1 aliphatic heterocycles. The van der Waals surface area contributed by atoms with E-state index in [1.165, 1.54) is 0 Å². The number of hydrogen-bond acceptors (Lipinski definition) is 2. The van der Waals surface area contributed by atoms with E-state index in [1.807, 2.05) is 24.3 Å². The third kappa shape index (κ3) is 3.91. The molecule has 1 aromatic carbocycles. The van der Waals surface area contributed by atoms with E-state index in [0.717, 1.165) is 48.9 Å². The highest BCUT2D eigenvalue weighted by Crippen LogP contribution is 2.33. The summed E-state index contributed by atoms with van der Waals surface area (Å²) in [5.74, 6) is 0. The minimum atomic E-state index is -0.682. The number of halogens is 1. The fraction of sp³-hybridized carbons (Fsp3) is 0.500. The number of β-amino-alcohol motifs (C(OH)–C–C–N with tert-alkyl or cyclic N) is 1. The van der Waals surface area contributed by atoms with Crippen molar-refractivity contribution in [2.45, 2.75) is 31.8 Å². The normalized spacial score (nSPS) is 24.4. The molecule has 0 spiro atoms. The van der Waals surface area contributed by atoms with Crippen molar-refractivity contribution in [2.75, 3.05) is 19.6 Å². The van der Waals surface area contributed by atoms with Gasteiger partial charge in [0.05, 0.1) is 0 Å². The summed E-state index contributed by atoms with van der Waals surface area (Å²) in [6.07, 6.45) is 7.43. The molecule has 0 radical (unpaired) electrons. The van der Waals surface area contributed by atoms with Crippen LogP contribution in [0.4, 0.5) is 0 Å². The SMILES string of the molecule is CC/C=C/CCN1CCC(O)(c2cccc(Br)c2)C1. The number of allylic oxidation sites excluding steroid dienone is 1. The Balaban J connectivity index is 1.94. The van der Waals surface area contributed by atoms with Crippen LogP contribution in [0, 0.1) is 0 Å². The minimum Gasteiger partial charge on any atom is -0.384 e. The number of hydrogen-bond donors (Lipinski definition) is 1. The van der Waals surface area contributed by atoms with E-state index < -0.39 is 5.60 Å². The summed E-state index contributed by atoms with van der Waals surface area (Å²) in [5.41, 5.74) is 0.339. The molecule has 1 atom stereocenters. The van der Waals surface area contributed by atoms with E-state index in [2.05, 4.69) is 39.9 Å². The summed E-state index contributed by atoms with van der Waals surface area (Å²) in [6, 6.07) is 8.03. The van der Waals surface area contributed by atoms with Gasteiger partial charge in [-0.3, -0.25) is 4.90 Å². The third-order valence-corrected chi connectivity index (χ3v) is 4.20. The zero-order chi connectivity index (χ0) is 13.7. The van der Waals surface area contributed by atoms with Gasteiger partial charge in [-0.2, -0.15) is 0 Å². The predicted octanol–water partition coefficient (Wildman–Crippen LogP) is 3.70. The second-order valence-electron chi connectivity index (χ2n) is 5.24. The lowest BCUT2D eigenvalue weighted by Gasteiger charge is -2.24. The van der Waals surface area contributed by atoms with E-state index >= 15 is 0 Å². The zero-order valence-electron chi connectivity index (χ0n) is 11.5. The quantitative estimate of drug-likeness (QED) is 0.835. The third-order valence-electron chi connectivity index (χ3n) is 3.70. The largest absolute Gasteiger partial charge is 0.384 e. The van der Waals surface area contributed by atoms with E-state index in [-0.39, 0.29) is 0 Å². The fourth-order valence-corrected chi connectivity index (χ4v) is 3.02.